The third-order valence-corrected chi connectivity index (χ3v) is 4.80. The molecule has 4 atom stereocenters. The number of unbranched alkanes of at least 4 members (excludes halogenated alkanes) is 1. The van der Waals surface area contributed by atoms with Gasteiger partial charge in [0, 0.05) is 6.42 Å². The van der Waals surface area contributed by atoms with Gasteiger partial charge in [-0.1, -0.05) is 12.1 Å². The molecule has 1 rings (SSSR count). The van der Waals surface area contributed by atoms with Crippen LogP contribution in [0.2, 0.25) is 0 Å². The molecule has 184 valence electrons. The average Bonchev–Trinajstić information content (AvgIpc) is 2.77. The number of phenolic OH excluding ortho intramolecular Hbond substituents is 1. The highest BCUT2D eigenvalue weighted by molar-refractivity contribution is 5.94. The van der Waals surface area contributed by atoms with E-state index >= 15 is 0 Å². The molecule has 0 spiro atoms. The van der Waals surface area contributed by atoms with E-state index in [1.807, 2.05) is 0 Å². The number of phenols is 1. The highest BCUT2D eigenvalue weighted by atomic mass is 16.4. The zero-order valence-corrected chi connectivity index (χ0v) is 18.5. The van der Waals surface area contributed by atoms with Gasteiger partial charge in [0.25, 0.3) is 0 Å². The van der Waals surface area contributed by atoms with Crippen LogP contribution in [0.1, 0.15) is 31.7 Å². The monoisotopic (exact) mass is 467 g/mol. The summed E-state index contributed by atoms with van der Waals surface area (Å²) in [6.07, 6.45) is 1.19. The molecule has 1 aromatic carbocycles. The maximum atomic E-state index is 12.9. The van der Waals surface area contributed by atoms with E-state index in [2.05, 4.69) is 16.0 Å². The Labute approximate surface area is 191 Å². The smallest absolute Gasteiger partial charge is 0.326 e. The van der Waals surface area contributed by atoms with Crippen LogP contribution in [-0.4, -0.2) is 76.3 Å². The average molecular weight is 468 g/mol. The van der Waals surface area contributed by atoms with Gasteiger partial charge in [-0.05, 0) is 50.4 Å². The Morgan fingerprint density at radius 1 is 0.909 bits per heavy atom. The van der Waals surface area contributed by atoms with Crippen molar-refractivity contribution in [1.29, 1.82) is 0 Å². The Kier molecular flexibility index (Phi) is 11.8. The van der Waals surface area contributed by atoms with Crippen molar-refractivity contribution in [2.75, 3.05) is 13.2 Å². The Balaban J connectivity index is 3.02. The van der Waals surface area contributed by atoms with Crippen LogP contribution in [0.25, 0.3) is 0 Å². The lowest BCUT2D eigenvalue weighted by atomic mass is 10.0. The molecule has 0 aromatic heterocycles. The molecule has 0 saturated heterocycles. The van der Waals surface area contributed by atoms with E-state index in [9.17, 15) is 34.5 Å². The van der Waals surface area contributed by atoms with Crippen LogP contribution in [-0.2, 0) is 25.6 Å². The van der Waals surface area contributed by atoms with Gasteiger partial charge in [0.05, 0.1) is 12.6 Å². The number of carbonyl (C=O) groups excluding carboxylic acids is 3. The molecule has 3 amide bonds. The van der Waals surface area contributed by atoms with Gasteiger partial charge in [-0.15, -0.1) is 0 Å². The van der Waals surface area contributed by atoms with Crippen LogP contribution in [0, 0.1) is 0 Å². The standard InChI is InChI=1S/C21H33N5O7/c1-12(23)18(29)26-17(11-27)20(31)25-16(10-13-5-7-14(28)8-6-13)19(30)24-15(21(32)33)4-2-3-9-22/h5-8,12,15-17,27-28H,2-4,9-11,22-23H2,1H3,(H,24,30)(H,25,31)(H,26,29)(H,32,33). The lowest BCUT2D eigenvalue weighted by molar-refractivity contribution is -0.142. The quantitative estimate of drug-likeness (QED) is 0.141. The second-order valence-corrected chi connectivity index (χ2v) is 7.65. The minimum atomic E-state index is -1.36. The Morgan fingerprint density at radius 3 is 1.97 bits per heavy atom. The first-order valence-electron chi connectivity index (χ1n) is 10.6. The number of carbonyl (C=O) groups is 4. The number of rotatable bonds is 14. The molecule has 0 aliphatic heterocycles. The summed E-state index contributed by atoms with van der Waals surface area (Å²) in [4.78, 5) is 48.9. The van der Waals surface area contributed by atoms with Crippen LogP contribution in [0.15, 0.2) is 24.3 Å². The summed E-state index contributed by atoms with van der Waals surface area (Å²) in [6.45, 7) is 1.05. The lowest BCUT2D eigenvalue weighted by Gasteiger charge is -2.24. The maximum Gasteiger partial charge on any atom is 0.326 e. The van der Waals surface area contributed by atoms with E-state index < -0.39 is 54.5 Å². The highest BCUT2D eigenvalue weighted by Crippen LogP contribution is 2.12. The number of nitrogens with one attached hydrogen (secondary N) is 3. The van der Waals surface area contributed by atoms with Gasteiger partial charge in [0.2, 0.25) is 17.7 Å². The first-order valence-corrected chi connectivity index (χ1v) is 10.6. The number of hydrogen-bond acceptors (Lipinski definition) is 8. The number of carboxylic acid groups (broad SMARTS) is 1. The molecule has 0 aliphatic rings. The van der Waals surface area contributed by atoms with E-state index in [1.165, 1.54) is 19.1 Å². The Morgan fingerprint density at radius 2 is 1.45 bits per heavy atom. The fraction of sp³-hybridized carbons (Fsp3) is 0.524. The van der Waals surface area contributed by atoms with Crippen molar-refractivity contribution in [3.8, 4) is 5.75 Å². The van der Waals surface area contributed by atoms with Crippen molar-refractivity contribution < 1.29 is 34.5 Å². The first kappa shape index (κ1) is 27.8. The summed E-state index contributed by atoms with van der Waals surface area (Å²) in [7, 11) is 0. The zero-order valence-electron chi connectivity index (χ0n) is 18.5. The van der Waals surface area contributed by atoms with Crippen molar-refractivity contribution in [3.63, 3.8) is 0 Å². The number of carboxylic acids is 1. The molecule has 12 nitrogen and oxygen atoms in total. The van der Waals surface area contributed by atoms with Gasteiger partial charge < -0.3 is 42.7 Å². The lowest BCUT2D eigenvalue weighted by Crippen LogP contribution is -2.58. The van der Waals surface area contributed by atoms with Crippen LogP contribution in [0.3, 0.4) is 0 Å². The maximum absolute atomic E-state index is 12.9. The Hall–Kier alpha value is -3.22. The van der Waals surface area contributed by atoms with Crippen LogP contribution < -0.4 is 27.4 Å². The van der Waals surface area contributed by atoms with Gasteiger partial charge in [-0.25, -0.2) is 4.79 Å². The number of amides is 3. The summed E-state index contributed by atoms with van der Waals surface area (Å²) in [5.41, 5.74) is 11.5. The number of aliphatic carboxylic acids is 1. The molecule has 0 fully saturated rings. The van der Waals surface area contributed by atoms with Crippen LogP contribution in [0.4, 0.5) is 0 Å². The molecular weight excluding hydrogens is 434 g/mol. The second-order valence-electron chi connectivity index (χ2n) is 7.65. The van der Waals surface area contributed by atoms with E-state index in [0.29, 0.717) is 24.9 Å². The minimum absolute atomic E-state index is 0.00796. The predicted octanol–water partition coefficient (Wildman–Crippen LogP) is -2.06. The summed E-state index contributed by atoms with van der Waals surface area (Å²) in [5.74, 6) is -3.50. The van der Waals surface area contributed by atoms with Crippen molar-refractivity contribution in [3.05, 3.63) is 29.8 Å². The minimum Gasteiger partial charge on any atom is -0.508 e. The highest BCUT2D eigenvalue weighted by Gasteiger charge is 2.29. The molecule has 12 heteroatoms. The molecule has 4 unspecified atom stereocenters. The zero-order chi connectivity index (χ0) is 25.0. The molecule has 10 N–H and O–H groups in total. The molecular formula is C21H33N5O7. The molecule has 0 saturated carbocycles. The van der Waals surface area contributed by atoms with Crippen molar-refractivity contribution in [1.82, 2.24) is 16.0 Å². The normalized spacial score (nSPS) is 14.4. The van der Waals surface area contributed by atoms with Crippen LogP contribution >= 0.6 is 0 Å². The largest absolute Gasteiger partial charge is 0.508 e. The fourth-order valence-corrected chi connectivity index (χ4v) is 2.87. The topological polar surface area (TPSA) is 217 Å². The summed E-state index contributed by atoms with van der Waals surface area (Å²) < 4.78 is 0. The summed E-state index contributed by atoms with van der Waals surface area (Å²) >= 11 is 0. The number of aliphatic hydroxyl groups excluding tert-OH is 1. The number of hydrogen-bond donors (Lipinski definition) is 8. The van der Waals surface area contributed by atoms with Crippen molar-refractivity contribution >= 4 is 23.7 Å². The molecule has 33 heavy (non-hydrogen) atoms. The van der Waals surface area contributed by atoms with E-state index in [-0.39, 0.29) is 18.6 Å². The van der Waals surface area contributed by atoms with Crippen molar-refractivity contribution in [2.24, 2.45) is 11.5 Å². The number of aliphatic hydroxyl groups is 1. The van der Waals surface area contributed by atoms with Gasteiger partial charge in [-0.2, -0.15) is 0 Å². The van der Waals surface area contributed by atoms with Gasteiger partial charge in [0.1, 0.15) is 23.9 Å². The van der Waals surface area contributed by atoms with Crippen LogP contribution in [0.5, 0.6) is 5.75 Å². The first-order chi connectivity index (χ1) is 15.6. The van der Waals surface area contributed by atoms with Crippen molar-refractivity contribution in [2.45, 2.75) is 56.8 Å². The summed E-state index contributed by atoms with van der Waals surface area (Å²) in [5, 5.41) is 35.5. The summed E-state index contributed by atoms with van der Waals surface area (Å²) in [6, 6.07) is 1.19. The third-order valence-electron chi connectivity index (χ3n) is 4.80. The second kappa shape index (κ2) is 14.0. The Bertz CT molecular complexity index is 801. The van der Waals surface area contributed by atoms with Gasteiger partial charge in [-0.3, -0.25) is 14.4 Å². The fourth-order valence-electron chi connectivity index (χ4n) is 2.87. The molecule has 0 aliphatic carbocycles. The van der Waals surface area contributed by atoms with Gasteiger partial charge in [0.15, 0.2) is 0 Å². The van der Waals surface area contributed by atoms with E-state index in [0.717, 1.165) is 0 Å². The van der Waals surface area contributed by atoms with E-state index in [4.69, 9.17) is 11.5 Å². The third kappa shape index (κ3) is 9.85. The molecule has 0 bridgehead atoms. The van der Waals surface area contributed by atoms with Gasteiger partial charge >= 0.3 is 5.97 Å². The number of benzene rings is 1. The molecule has 1 aromatic rings. The molecule has 0 radical (unpaired) electrons. The number of aromatic hydroxyl groups is 1. The molecule has 0 heterocycles. The van der Waals surface area contributed by atoms with E-state index in [1.54, 1.807) is 12.1 Å². The predicted molar refractivity (Wildman–Crippen MR) is 119 cm³/mol. The SMILES string of the molecule is CC(N)C(=O)NC(CO)C(=O)NC(Cc1ccc(O)cc1)C(=O)NC(CCCCN)C(=O)O. The number of nitrogens with two attached hydrogens (primary N) is 2.